The van der Waals surface area contributed by atoms with Crippen LogP contribution in [0.2, 0.25) is 5.02 Å². The van der Waals surface area contributed by atoms with Gasteiger partial charge in [0, 0.05) is 42.1 Å². The number of amides is 1. The molecule has 36 heavy (non-hydrogen) atoms. The molecule has 0 spiro atoms. The smallest absolute Gasteiger partial charge is 0.321 e. The average molecular weight is 514 g/mol. The van der Waals surface area contributed by atoms with E-state index >= 15 is 0 Å². The number of para-hydroxylation sites is 1. The van der Waals surface area contributed by atoms with E-state index in [1.54, 1.807) is 23.9 Å². The predicted octanol–water partition coefficient (Wildman–Crippen LogP) is 4.65. The van der Waals surface area contributed by atoms with Gasteiger partial charge in [-0.1, -0.05) is 23.7 Å². The number of fused-ring (bicyclic) bond motifs is 1. The number of pyridine rings is 1. The molecule has 184 valence electrons. The minimum Gasteiger partial charge on any atom is -0.487 e. The molecule has 0 aliphatic rings. The SMILES string of the molecule is [B][C@@H](NC(=O)C(C)(F)F)c1cc(F)cc(Cl)c1COc1cccc2c(-c3ncnn3C)cc(C)nc12. The van der Waals surface area contributed by atoms with Crippen LogP contribution in [0.15, 0.2) is 42.7 Å². The van der Waals surface area contributed by atoms with E-state index in [-0.39, 0.29) is 22.8 Å². The van der Waals surface area contributed by atoms with Crippen molar-refractivity contribution in [2.24, 2.45) is 7.05 Å². The zero-order chi connectivity index (χ0) is 26.2. The molecule has 0 saturated heterocycles. The van der Waals surface area contributed by atoms with Gasteiger partial charge in [-0.3, -0.25) is 4.79 Å². The highest BCUT2D eigenvalue weighted by molar-refractivity contribution is 6.31. The maximum Gasteiger partial charge on any atom is 0.321 e. The van der Waals surface area contributed by atoms with Gasteiger partial charge < -0.3 is 10.1 Å². The number of hydrogen-bond donors (Lipinski definition) is 1. The van der Waals surface area contributed by atoms with Gasteiger partial charge in [0.2, 0.25) is 0 Å². The van der Waals surface area contributed by atoms with Crippen LogP contribution in [-0.2, 0) is 18.4 Å². The van der Waals surface area contributed by atoms with Crippen LogP contribution in [-0.4, -0.2) is 39.4 Å². The lowest BCUT2D eigenvalue weighted by Crippen LogP contribution is -2.40. The molecule has 2 radical (unpaired) electrons. The van der Waals surface area contributed by atoms with Gasteiger partial charge in [0.15, 0.2) is 5.82 Å². The molecule has 2 aromatic carbocycles. The molecule has 1 atom stereocenters. The van der Waals surface area contributed by atoms with Crippen molar-refractivity contribution < 1.29 is 22.7 Å². The van der Waals surface area contributed by atoms with E-state index in [1.165, 1.54) is 6.33 Å². The fourth-order valence-electron chi connectivity index (χ4n) is 3.74. The first-order valence-electron chi connectivity index (χ1n) is 10.8. The Balaban J connectivity index is 1.70. The number of aromatic nitrogens is 4. The zero-order valence-electron chi connectivity index (χ0n) is 19.5. The molecule has 7 nitrogen and oxygen atoms in total. The van der Waals surface area contributed by atoms with Gasteiger partial charge in [0.1, 0.15) is 37.9 Å². The van der Waals surface area contributed by atoms with E-state index in [1.807, 2.05) is 24.4 Å². The van der Waals surface area contributed by atoms with Crippen LogP contribution in [0.3, 0.4) is 0 Å². The molecule has 0 saturated carbocycles. The number of aryl methyl sites for hydroxylation is 2. The molecular formula is C24H20BClF3N5O2. The van der Waals surface area contributed by atoms with Crippen LogP contribution in [0, 0.1) is 12.7 Å². The minimum absolute atomic E-state index is 0.00162. The predicted molar refractivity (Wildman–Crippen MR) is 129 cm³/mol. The lowest BCUT2D eigenvalue weighted by molar-refractivity contribution is -0.143. The molecule has 1 amide bonds. The van der Waals surface area contributed by atoms with Gasteiger partial charge >= 0.3 is 5.92 Å². The van der Waals surface area contributed by atoms with Crippen LogP contribution in [0.4, 0.5) is 13.2 Å². The lowest BCUT2D eigenvalue weighted by atomic mass is 9.85. The molecular weight excluding hydrogens is 494 g/mol. The summed E-state index contributed by atoms with van der Waals surface area (Å²) in [7, 11) is 7.70. The van der Waals surface area contributed by atoms with Crippen molar-refractivity contribution in [3.05, 3.63) is 70.4 Å². The molecule has 12 heteroatoms. The maximum atomic E-state index is 14.1. The highest BCUT2D eigenvalue weighted by atomic mass is 35.5. The number of ether oxygens (including phenoxy) is 1. The van der Waals surface area contributed by atoms with E-state index in [4.69, 9.17) is 24.2 Å². The first-order valence-corrected chi connectivity index (χ1v) is 11.1. The van der Waals surface area contributed by atoms with E-state index in [0.717, 1.165) is 23.1 Å². The number of carbonyl (C=O) groups is 1. The third-order valence-corrected chi connectivity index (χ3v) is 5.81. The number of halogens is 4. The lowest BCUT2D eigenvalue weighted by Gasteiger charge is -2.22. The topological polar surface area (TPSA) is 81.9 Å². The Bertz CT molecular complexity index is 1460. The van der Waals surface area contributed by atoms with Crippen molar-refractivity contribution in [3.63, 3.8) is 0 Å². The average Bonchev–Trinajstić information content (AvgIpc) is 3.22. The second-order valence-electron chi connectivity index (χ2n) is 8.25. The standard InChI is InChI=1S/C24H20BClF3N5O2/c1-12-7-16(22-30-11-31-34(22)3)14-5-4-6-19(20(14)32-12)36-10-17-15(8-13(27)9-18(17)26)21(25)33-23(35)24(2,28)29/h4-9,11,21H,10H2,1-3H3,(H,33,35)/t21-/m0/s1. The quantitative estimate of drug-likeness (QED) is 0.364. The number of nitrogens with zero attached hydrogens (tertiary/aromatic N) is 4. The first kappa shape index (κ1) is 25.5. The van der Waals surface area contributed by atoms with Crippen LogP contribution >= 0.6 is 11.6 Å². The molecule has 1 N–H and O–H groups in total. The first-order chi connectivity index (χ1) is 17.0. The van der Waals surface area contributed by atoms with Gasteiger partial charge in [-0.15, -0.1) is 0 Å². The molecule has 0 aliphatic heterocycles. The molecule has 4 rings (SSSR count). The summed E-state index contributed by atoms with van der Waals surface area (Å²) in [5.74, 6) is -6.44. The highest BCUT2D eigenvalue weighted by Crippen LogP contribution is 2.34. The Morgan fingerprint density at radius 1 is 1.31 bits per heavy atom. The molecule has 2 aromatic heterocycles. The van der Waals surface area contributed by atoms with Crippen molar-refractivity contribution >= 4 is 36.3 Å². The van der Waals surface area contributed by atoms with Gasteiger partial charge in [-0.25, -0.2) is 19.0 Å². The third kappa shape index (κ3) is 5.16. The van der Waals surface area contributed by atoms with Crippen molar-refractivity contribution in [2.45, 2.75) is 32.3 Å². The number of rotatable bonds is 7. The fraction of sp³-hybridized carbons (Fsp3) is 0.250. The molecule has 0 unspecified atom stereocenters. The Kier molecular flexibility index (Phi) is 6.95. The summed E-state index contributed by atoms with van der Waals surface area (Å²) in [6.45, 7) is 2.06. The van der Waals surface area contributed by atoms with Gasteiger partial charge in [-0.2, -0.15) is 13.9 Å². The second-order valence-corrected chi connectivity index (χ2v) is 8.66. The Morgan fingerprint density at radius 2 is 2.06 bits per heavy atom. The van der Waals surface area contributed by atoms with Crippen molar-refractivity contribution in [1.29, 1.82) is 0 Å². The van der Waals surface area contributed by atoms with Gasteiger partial charge in [-0.05, 0) is 36.8 Å². The van der Waals surface area contributed by atoms with Crippen molar-refractivity contribution in [2.75, 3.05) is 0 Å². The summed E-state index contributed by atoms with van der Waals surface area (Å²) in [5.41, 5.74) is 2.28. The van der Waals surface area contributed by atoms with Gasteiger partial charge in [0.25, 0.3) is 5.91 Å². The zero-order valence-corrected chi connectivity index (χ0v) is 20.3. The van der Waals surface area contributed by atoms with Crippen LogP contribution in [0.25, 0.3) is 22.3 Å². The molecule has 0 bridgehead atoms. The fourth-order valence-corrected chi connectivity index (χ4v) is 4.01. The minimum atomic E-state index is -3.67. The third-order valence-electron chi connectivity index (χ3n) is 5.47. The summed E-state index contributed by atoms with van der Waals surface area (Å²) < 4.78 is 48.5. The largest absolute Gasteiger partial charge is 0.487 e. The normalized spacial score (nSPS) is 12.5. The van der Waals surface area contributed by atoms with E-state index < -0.39 is 23.6 Å². The van der Waals surface area contributed by atoms with Gasteiger partial charge in [0.05, 0.1) is 5.02 Å². The molecule has 2 heterocycles. The van der Waals surface area contributed by atoms with Crippen LogP contribution < -0.4 is 10.1 Å². The van der Waals surface area contributed by atoms with E-state index in [0.29, 0.717) is 29.7 Å². The summed E-state index contributed by atoms with van der Waals surface area (Å²) >= 11 is 6.26. The Labute approximate surface area is 211 Å². The molecule has 0 aliphatic carbocycles. The summed E-state index contributed by atoms with van der Waals surface area (Å²) in [6, 6.07) is 9.29. The number of alkyl halides is 2. The number of benzene rings is 2. The maximum absolute atomic E-state index is 14.1. The number of nitrogens with one attached hydrogen (secondary N) is 1. The van der Waals surface area contributed by atoms with Crippen LogP contribution in [0.1, 0.15) is 29.7 Å². The van der Waals surface area contributed by atoms with Crippen molar-refractivity contribution in [3.8, 4) is 17.1 Å². The van der Waals surface area contributed by atoms with Crippen molar-refractivity contribution in [1.82, 2.24) is 25.1 Å². The Hall–Kier alpha value is -3.60. The summed E-state index contributed by atoms with van der Waals surface area (Å²) in [5, 5.41) is 6.82. The Morgan fingerprint density at radius 3 is 2.72 bits per heavy atom. The number of carbonyl (C=O) groups excluding carboxylic acids is 1. The van der Waals surface area contributed by atoms with E-state index in [2.05, 4.69) is 15.1 Å². The highest BCUT2D eigenvalue weighted by Gasteiger charge is 2.33. The second kappa shape index (κ2) is 9.81. The number of hydrogen-bond acceptors (Lipinski definition) is 5. The summed E-state index contributed by atoms with van der Waals surface area (Å²) in [4.78, 5) is 20.7. The summed E-state index contributed by atoms with van der Waals surface area (Å²) in [6.07, 6.45) is 1.45. The molecule has 4 aromatic rings. The van der Waals surface area contributed by atoms with E-state index in [9.17, 15) is 18.0 Å². The monoisotopic (exact) mass is 513 g/mol. The van der Waals surface area contributed by atoms with Crippen LogP contribution in [0.5, 0.6) is 5.75 Å². The molecule has 0 fully saturated rings.